The number of benzene rings is 1. The van der Waals surface area contributed by atoms with Crippen LogP contribution in [-0.2, 0) is 15.0 Å². The summed E-state index contributed by atoms with van der Waals surface area (Å²) in [6.07, 6.45) is 3.95. The van der Waals surface area contributed by atoms with E-state index in [2.05, 4.69) is 17.4 Å². The average molecular weight is 286 g/mol. The van der Waals surface area contributed by atoms with Gasteiger partial charge >= 0.3 is 0 Å². The highest BCUT2D eigenvalue weighted by Crippen LogP contribution is 2.47. The van der Waals surface area contributed by atoms with Gasteiger partial charge in [-0.25, -0.2) is 0 Å². The lowest BCUT2D eigenvalue weighted by atomic mass is 9.96. The lowest BCUT2D eigenvalue weighted by Gasteiger charge is -2.24. The fourth-order valence-corrected chi connectivity index (χ4v) is 3.30. The third-order valence-electron chi connectivity index (χ3n) is 4.80. The molecule has 0 spiro atoms. The highest BCUT2D eigenvalue weighted by atomic mass is 16.2. The predicted octanol–water partition coefficient (Wildman–Crippen LogP) is 1.85. The van der Waals surface area contributed by atoms with Gasteiger partial charge in [0.05, 0.1) is 0 Å². The first-order valence-corrected chi connectivity index (χ1v) is 7.73. The van der Waals surface area contributed by atoms with Gasteiger partial charge in [-0.15, -0.1) is 0 Å². The minimum atomic E-state index is -0.269. The van der Waals surface area contributed by atoms with E-state index in [1.165, 1.54) is 12.5 Å². The lowest BCUT2D eigenvalue weighted by molar-refractivity contribution is -0.136. The van der Waals surface area contributed by atoms with E-state index >= 15 is 0 Å². The summed E-state index contributed by atoms with van der Waals surface area (Å²) in [5, 5.41) is 3.08. The van der Waals surface area contributed by atoms with Crippen LogP contribution in [-0.4, -0.2) is 35.8 Å². The van der Waals surface area contributed by atoms with E-state index in [-0.39, 0.29) is 23.3 Å². The molecule has 1 aromatic carbocycles. The standard InChI is InChI=1S/C17H22N2O2/c1-13(20)19-11-5-8-15(19)16(21)18-12-17(9-10-17)14-6-3-2-4-7-14/h2-4,6-7,15H,5,8-12H2,1H3,(H,18,21). The van der Waals surface area contributed by atoms with Crippen molar-refractivity contribution in [2.45, 2.75) is 44.1 Å². The van der Waals surface area contributed by atoms with Gasteiger partial charge in [0, 0.05) is 25.4 Å². The van der Waals surface area contributed by atoms with Gasteiger partial charge in [-0.3, -0.25) is 9.59 Å². The van der Waals surface area contributed by atoms with E-state index in [0.717, 1.165) is 25.7 Å². The molecule has 0 bridgehead atoms. The number of rotatable bonds is 4. The predicted molar refractivity (Wildman–Crippen MR) is 80.8 cm³/mol. The Morgan fingerprint density at radius 1 is 1.29 bits per heavy atom. The third-order valence-corrected chi connectivity index (χ3v) is 4.80. The molecule has 1 aliphatic carbocycles. The SMILES string of the molecule is CC(=O)N1CCCC1C(=O)NCC1(c2ccccc2)CC1. The summed E-state index contributed by atoms with van der Waals surface area (Å²) in [5.74, 6) is 0.00162. The Balaban J connectivity index is 1.60. The van der Waals surface area contributed by atoms with Crippen molar-refractivity contribution >= 4 is 11.8 Å². The first kappa shape index (κ1) is 14.1. The van der Waals surface area contributed by atoms with Crippen LogP contribution in [0.25, 0.3) is 0 Å². The number of likely N-dealkylation sites (tertiary alicyclic amines) is 1. The first-order chi connectivity index (χ1) is 10.1. The lowest BCUT2D eigenvalue weighted by Crippen LogP contribution is -2.46. The highest BCUT2D eigenvalue weighted by molar-refractivity contribution is 5.87. The number of amides is 2. The van der Waals surface area contributed by atoms with Crippen LogP contribution in [0.2, 0.25) is 0 Å². The van der Waals surface area contributed by atoms with Gasteiger partial charge in [-0.05, 0) is 31.2 Å². The molecule has 112 valence electrons. The third kappa shape index (κ3) is 2.80. The molecule has 1 aromatic rings. The number of carbonyl (C=O) groups is 2. The second kappa shape index (κ2) is 5.51. The maximum absolute atomic E-state index is 12.4. The molecule has 0 aromatic heterocycles. The highest BCUT2D eigenvalue weighted by Gasteiger charge is 2.45. The van der Waals surface area contributed by atoms with Gasteiger partial charge < -0.3 is 10.2 Å². The van der Waals surface area contributed by atoms with Gasteiger partial charge in [-0.2, -0.15) is 0 Å². The maximum Gasteiger partial charge on any atom is 0.242 e. The summed E-state index contributed by atoms with van der Waals surface area (Å²) >= 11 is 0. The van der Waals surface area contributed by atoms with E-state index in [0.29, 0.717) is 13.1 Å². The molecule has 1 aliphatic heterocycles. The molecule has 21 heavy (non-hydrogen) atoms. The smallest absolute Gasteiger partial charge is 0.242 e. The van der Waals surface area contributed by atoms with Gasteiger partial charge in [-0.1, -0.05) is 30.3 Å². The van der Waals surface area contributed by atoms with E-state index in [4.69, 9.17) is 0 Å². The van der Waals surface area contributed by atoms with Crippen molar-refractivity contribution in [1.82, 2.24) is 10.2 Å². The molecule has 3 rings (SSSR count). The molecular weight excluding hydrogens is 264 g/mol. The monoisotopic (exact) mass is 286 g/mol. The molecule has 1 unspecified atom stereocenters. The van der Waals surface area contributed by atoms with Crippen LogP contribution in [0.15, 0.2) is 30.3 Å². The fraction of sp³-hybridized carbons (Fsp3) is 0.529. The van der Waals surface area contributed by atoms with Gasteiger partial charge in [0.25, 0.3) is 0 Å². The van der Waals surface area contributed by atoms with Crippen molar-refractivity contribution in [3.63, 3.8) is 0 Å². The second-order valence-electron chi connectivity index (χ2n) is 6.23. The fourth-order valence-electron chi connectivity index (χ4n) is 3.30. The Morgan fingerprint density at radius 3 is 2.62 bits per heavy atom. The number of hydrogen-bond acceptors (Lipinski definition) is 2. The van der Waals surface area contributed by atoms with Crippen LogP contribution in [0.4, 0.5) is 0 Å². The minimum Gasteiger partial charge on any atom is -0.353 e. The van der Waals surface area contributed by atoms with Crippen LogP contribution in [0, 0.1) is 0 Å². The normalized spacial score (nSPS) is 22.9. The molecule has 1 heterocycles. The summed E-state index contributed by atoms with van der Waals surface area (Å²) in [4.78, 5) is 25.6. The number of nitrogens with one attached hydrogen (secondary N) is 1. The second-order valence-corrected chi connectivity index (χ2v) is 6.23. The molecule has 2 fully saturated rings. The van der Waals surface area contributed by atoms with Crippen LogP contribution < -0.4 is 5.32 Å². The maximum atomic E-state index is 12.4. The number of hydrogen-bond donors (Lipinski definition) is 1. The Kier molecular flexibility index (Phi) is 3.70. The summed E-state index contributed by atoms with van der Waals surface area (Å²) in [6.45, 7) is 2.92. The Morgan fingerprint density at radius 2 is 2.00 bits per heavy atom. The van der Waals surface area contributed by atoms with Crippen molar-refractivity contribution < 1.29 is 9.59 Å². The van der Waals surface area contributed by atoms with Crippen molar-refractivity contribution in [3.05, 3.63) is 35.9 Å². The van der Waals surface area contributed by atoms with Crippen LogP contribution in [0.3, 0.4) is 0 Å². The molecule has 1 atom stereocenters. The summed E-state index contributed by atoms with van der Waals surface area (Å²) in [5.41, 5.74) is 1.43. The van der Waals surface area contributed by atoms with Crippen molar-refractivity contribution in [2.75, 3.05) is 13.1 Å². The van der Waals surface area contributed by atoms with Crippen LogP contribution in [0.1, 0.15) is 38.2 Å². The van der Waals surface area contributed by atoms with Gasteiger partial charge in [0.15, 0.2) is 0 Å². The van der Waals surface area contributed by atoms with E-state index in [9.17, 15) is 9.59 Å². The van der Waals surface area contributed by atoms with E-state index in [1.54, 1.807) is 4.90 Å². The van der Waals surface area contributed by atoms with E-state index in [1.807, 2.05) is 18.2 Å². The Labute approximate surface area is 125 Å². The quantitative estimate of drug-likeness (QED) is 0.918. The molecule has 1 N–H and O–H groups in total. The molecule has 4 nitrogen and oxygen atoms in total. The number of nitrogens with zero attached hydrogens (tertiary/aromatic N) is 1. The van der Waals surface area contributed by atoms with Crippen molar-refractivity contribution in [3.8, 4) is 0 Å². The van der Waals surface area contributed by atoms with E-state index < -0.39 is 0 Å². The molecule has 1 saturated carbocycles. The minimum absolute atomic E-state index is 0.00292. The summed E-state index contributed by atoms with van der Waals surface area (Å²) in [7, 11) is 0. The molecule has 2 amide bonds. The van der Waals surface area contributed by atoms with Crippen molar-refractivity contribution in [2.24, 2.45) is 0 Å². The summed E-state index contributed by atoms with van der Waals surface area (Å²) < 4.78 is 0. The van der Waals surface area contributed by atoms with Crippen molar-refractivity contribution in [1.29, 1.82) is 0 Å². The topological polar surface area (TPSA) is 49.4 Å². The van der Waals surface area contributed by atoms with Gasteiger partial charge in [0.1, 0.15) is 6.04 Å². The Bertz CT molecular complexity index is 537. The Hall–Kier alpha value is -1.84. The summed E-state index contributed by atoms with van der Waals surface area (Å²) in [6, 6.07) is 10.1. The molecule has 0 radical (unpaired) electrons. The molecule has 2 aliphatic rings. The number of carbonyl (C=O) groups excluding carboxylic acids is 2. The largest absolute Gasteiger partial charge is 0.353 e. The zero-order valence-corrected chi connectivity index (χ0v) is 12.5. The van der Waals surface area contributed by atoms with Crippen LogP contribution in [0.5, 0.6) is 0 Å². The molecule has 4 heteroatoms. The molecule has 1 saturated heterocycles. The molecular formula is C17H22N2O2. The van der Waals surface area contributed by atoms with Crippen LogP contribution >= 0.6 is 0 Å². The van der Waals surface area contributed by atoms with Gasteiger partial charge in [0.2, 0.25) is 11.8 Å². The average Bonchev–Trinajstić information content (AvgIpc) is 3.12. The zero-order chi connectivity index (χ0) is 14.9. The first-order valence-electron chi connectivity index (χ1n) is 7.73. The zero-order valence-electron chi connectivity index (χ0n) is 12.5.